The maximum atomic E-state index is 11.4. The predicted octanol–water partition coefficient (Wildman–Crippen LogP) is 1.90. The van der Waals surface area contributed by atoms with Gasteiger partial charge in [-0.15, -0.1) is 0 Å². The van der Waals surface area contributed by atoms with Gasteiger partial charge in [0, 0.05) is 18.8 Å². The van der Waals surface area contributed by atoms with Gasteiger partial charge in [0.1, 0.15) is 5.75 Å². The van der Waals surface area contributed by atoms with Gasteiger partial charge in [0.05, 0.1) is 12.3 Å². The van der Waals surface area contributed by atoms with Crippen molar-refractivity contribution in [3.63, 3.8) is 0 Å². The van der Waals surface area contributed by atoms with Crippen LogP contribution in [0.15, 0.2) is 53.5 Å². The molecule has 0 saturated carbocycles. The van der Waals surface area contributed by atoms with Crippen molar-refractivity contribution in [1.82, 2.24) is 4.57 Å². The van der Waals surface area contributed by atoms with Crippen LogP contribution in [0.4, 0.5) is 5.69 Å². The number of rotatable bonds is 5. The number of nitrogen functional groups attached to an aromatic ring is 1. The van der Waals surface area contributed by atoms with Crippen molar-refractivity contribution in [2.45, 2.75) is 13.0 Å². The molecule has 0 radical (unpaired) electrons. The topological polar surface area (TPSA) is 57.2 Å². The van der Waals surface area contributed by atoms with Crippen LogP contribution in [0.3, 0.4) is 0 Å². The van der Waals surface area contributed by atoms with Crippen molar-refractivity contribution in [3.05, 3.63) is 59.0 Å². The zero-order valence-corrected chi connectivity index (χ0v) is 10.1. The van der Waals surface area contributed by atoms with E-state index in [0.717, 1.165) is 6.42 Å². The fraction of sp³-hybridized carbons (Fsp3) is 0.214. The number of aromatic nitrogens is 1. The Balaban J connectivity index is 1.82. The van der Waals surface area contributed by atoms with Crippen molar-refractivity contribution in [2.75, 3.05) is 12.3 Å². The summed E-state index contributed by atoms with van der Waals surface area (Å²) in [5.41, 5.74) is 6.40. The third-order valence-electron chi connectivity index (χ3n) is 2.62. The highest BCUT2D eigenvalue weighted by molar-refractivity contribution is 5.51. The van der Waals surface area contributed by atoms with Gasteiger partial charge in [0.15, 0.2) is 0 Å². The molecule has 94 valence electrons. The summed E-state index contributed by atoms with van der Waals surface area (Å²) in [6, 6.07) is 12.5. The Morgan fingerprint density at radius 3 is 2.67 bits per heavy atom. The highest BCUT2D eigenvalue weighted by Gasteiger charge is 1.98. The summed E-state index contributed by atoms with van der Waals surface area (Å²) >= 11 is 0. The lowest BCUT2D eigenvalue weighted by atomic mass is 10.3. The molecule has 0 aliphatic carbocycles. The molecule has 0 saturated heterocycles. The SMILES string of the molecule is Nc1ccccc1OCCCn1ccccc1=O. The highest BCUT2D eigenvalue weighted by atomic mass is 16.5. The highest BCUT2D eigenvalue weighted by Crippen LogP contribution is 2.19. The minimum atomic E-state index is 0.0109. The van der Waals surface area contributed by atoms with Gasteiger partial charge in [-0.3, -0.25) is 4.79 Å². The normalized spacial score (nSPS) is 10.2. The minimum absolute atomic E-state index is 0.0109. The molecule has 4 heteroatoms. The van der Waals surface area contributed by atoms with Crippen LogP contribution in [0.1, 0.15) is 6.42 Å². The second kappa shape index (κ2) is 5.91. The molecule has 2 aromatic rings. The van der Waals surface area contributed by atoms with Gasteiger partial charge in [-0.1, -0.05) is 18.2 Å². The fourth-order valence-electron chi connectivity index (χ4n) is 1.67. The minimum Gasteiger partial charge on any atom is -0.491 e. The van der Waals surface area contributed by atoms with Gasteiger partial charge < -0.3 is 15.0 Å². The van der Waals surface area contributed by atoms with Crippen LogP contribution in [0.2, 0.25) is 0 Å². The van der Waals surface area contributed by atoms with Crippen LogP contribution >= 0.6 is 0 Å². The first-order valence-corrected chi connectivity index (χ1v) is 5.90. The maximum absolute atomic E-state index is 11.4. The monoisotopic (exact) mass is 244 g/mol. The maximum Gasteiger partial charge on any atom is 0.250 e. The number of aryl methyl sites for hydroxylation is 1. The molecule has 4 nitrogen and oxygen atoms in total. The molecule has 2 N–H and O–H groups in total. The van der Waals surface area contributed by atoms with Crippen LogP contribution in [-0.2, 0) is 6.54 Å². The van der Waals surface area contributed by atoms with Crippen LogP contribution in [0, 0.1) is 0 Å². The van der Waals surface area contributed by atoms with Crippen molar-refractivity contribution >= 4 is 5.69 Å². The fourth-order valence-corrected chi connectivity index (χ4v) is 1.67. The Kier molecular flexibility index (Phi) is 4.02. The van der Waals surface area contributed by atoms with Crippen LogP contribution in [0.25, 0.3) is 0 Å². The van der Waals surface area contributed by atoms with Crippen molar-refractivity contribution in [3.8, 4) is 5.75 Å². The van der Waals surface area contributed by atoms with E-state index in [1.54, 1.807) is 29.0 Å². The van der Waals surface area contributed by atoms with Gasteiger partial charge in [-0.05, 0) is 24.6 Å². The number of ether oxygens (including phenoxy) is 1. The van der Waals surface area contributed by atoms with E-state index in [1.807, 2.05) is 24.3 Å². The van der Waals surface area contributed by atoms with Gasteiger partial charge in [-0.2, -0.15) is 0 Å². The number of para-hydroxylation sites is 2. The lowest BCUT2D eigenvalue weighted by Gasteiger charge is -2.09. The Bertz CT molecular complexity index is 563. The number of anilines is 1. The summed E-state index contributed by atoms with van der Waals surface area (Å²) in [4.78, 5) is 11.4. The molecular formula is C14H16N2O2. The molecule has 0 fully saturated rings. The molecule has 0 unspecified atom stereocenters. The van der Waals surface area contributed by atoms with E-state index in [0.29, 0.717) is 24.6 Å². The summed E-state index contributed by atoms with van der Waals surface area (Å²) in [5.74, 6) is 0.693. The number of pyridine rings is 1. The number of hydrogen-bond acceptors (Lipinski definition) is 3. The molecule has 0 atom stereocenters. The molecule has 0 spiro atoms. The number of benzene rings is 1. The zero-order valence-electron chi connectivity index (χ0n) is 10.1. The summed E-state index contributed by atoms with van der Waals surface area (Å²) < 4.78 is 7.22. The number of hydrogen-bond donors (Lipinski definition) is 1. The van der Waals surface area contributed by atoms with Crippen molar-refractivity contribution < 1.29 is 4.74 Å². The molecule has 0 aliphatic rings. The van der Waals surface area contributed by atoms with Crippen molar-refractivity contribution in [1.29, 1.82) is 0 Å². The molecule has 1 aromatic carbocycles. The lowest BCUT2D eigenvalue weighted by Crippen LogP contribution is -2.18. The Hall–Kier alpha value is -2.23. The second-order valence-corrected chi connectivity index (χ2v) is 3.97. The summed E-state index contributed by atoms with van der Waals surface area (Å²) in [5, 5.41) is 0. The molecule has 2 rings (SSSR count). The average molecular weight is 244 g/mol. The van der Waals surface area contributed by atoms with Gasteiger partial charge in [-0.25, -0.2) is 0 Å². The third kappa shape index (κ3) is 3.13. The first kappa shape index (κ1) is 12.2. The average Bonchev–Trinajstić information content (AvgIpc) is 2.38. The van der Waals surface area contributed by atoms with Crippen molar-refractivity contribution in [2.24, 2.45) is 0 Å². The lowest BCUT2D eigenvalue weighted by molar-refractivity contribution is 0.302. The largest absolute Gasteiger partial charge is 0.491 e. The predicted molar refractivity (Wildman–Crippen MR) is 71.7 cm³/mol. The van der Waals surface area contributed by atoms with E-state index in [-0.39, 0.29) is 5.56 Å². The smallest absolute Gasteiger partial charge is 0.250 e. The molecule has 1 aromatic heterocycles. The van der Waals surface area contributed by atoms with Crippen LogP contribution in [-0.4, -0.2) is 11.2 Å². The number of nitrogens with zero attached hydrogens (tertiary/aromatic N) is 1. The second-order valence-electron chi connectivity index (χ2n) is 3.97. The Labute approximate surface area is 106 Å². The van der Waals surface area contributed by atoms with Gasteiger partial charge in [0.2, 0.25) is 5.56 Å². The van der Waals surface area contributed by atoms with E-state index >= 15 is 0 Å². The molecule has 0 aliphatic heterocycles. The zero-order chi connectivity index (χ0) is 12.8. The van der Waals surface area contributed by atoms with Gasteiger partial charge in [0.25, 0.3) is 0 Å². The van der Waals surface area contributed by atoms with E-state index in [2.05, 4.69) is 0 Å². The quantitative estimate of drug-likeness (QED) is 0.645. The third-order valence-corrected chi connectivity index (χ3v) is 2.62. The van der Waals surface area contributed by atoms with Crippen LogP contribution < -0.4 is 16.0 Å². The van der Waals surface area contributed by atoms with E-state index in [9.17, 15) is 4.79 Å². The summed E-state index contributed by atoms with van der Waals surface area (Å²) in [6.45, 7) is 1.18. The first-order valence-electron chi connectivity index (χ1n) is 5.90. The Morgan fingerprint density at radius 2 is 1.89 bits per heavy atom. The molecule has 1 heterocycles. The van der Waals surface area contributed by atoms with Crippen LogP contribution in [0.5, 0.6) is 5.75 Å². The summed E-state index contributed by atoms with van der Waals surface area (Å²) in [7, 11) is 0. The number of nitrogens with two attached hydrogens (primary N) is 1. The first-order chi connectivity index (χ1) is 8.77. The standard InChI is InChI=1S/C14H16N2O2/c15-12-6-1-2-7-13(12)18-11-5-10-16-9-4-3-8-14(16)17/h1-4,6-9H,5,10-11,15H2. The molecule has 18 heavy (non-hydrogen) atoms. The molecular weight excluding hydrogens is 228 g/mol. The Morgan fingerprint density at radius 1 is 1.11 bits per heavy atom. The summed E-state index contributed by atoms with van der Waals surface area (Å²) in [6.07, 6.45) is 2.54. The van der Waals surface area contributed by atoms with Gasteiger partial charge >= 0.3 is 0 Å². The molecule has 0 amide bonds. The van der Waals surface area contributed by atoms with E-state index < -0.39 is 0 Å². The molecule has 0 bridgehead atoms. The van der Waals surface area contributed by atoms with E-state index in [1.165, 1.54) is 0 Å². The van der Waals surface area contributed by atoms with E-state index in [4.69, 9.17) is 10.5 Å².